The smallest absolute Gasteiger partial charge is 0.234 e. The van der Waals surface area contributed by atoms with Crippen molar-refractivity contribution < 1.29 is 4.79 Å². The predicted molar refractivity (Wildman–Crippen MR) is 157 cm³/mol. The summed E-state index contributed by atoms with van der Waals surface area (Å²) in [5, 5.41) is 13.2. The molecule has 2 heterocycles. The molecule has 39 heavy (non-hydrogen) atoms. The van der Waals surface area contributed by atoms with Gasteiger partial charge in [0.1, 0.15) is 5.52 Å². The van der Waals surface area contributed by atoms with Crippen molar-refractivity contribution in [3.05, 3.63) is 132 Å². The van der Waals surface area contributed by atoms with Crippen molar-refractivity contribution in [2.75, 3.05) is 0 Å². The first-order valence-electron chi connectivity index (χ1n) is 12.9. The van der Waals surface area contributed by atoms with E-state index in [0.29, 0.717) is 11.7 Å². The molecule has 0 saturated heterocycles. The molecule has 1 amide bonds. The van der Waals surface area contributed by atoms with E-state index in [1.165, 1.54) is 17.3 Å². The van der Waals surface area contributed by atoms with Gasteiger partial charge in [-0.1, -0.05) is 121 Å². The van der Waals surface area contributed by atoms with Crippen LogP contribution in [0.3, 0.4) is 0 Å². The van der Waals surface area contributed by atoms with Crippen molar-refractivity contribution in [1.82, 2.24) is 25.1 Å². The maximum atomic E-state index is 13.4. The van der Waals surface area contributed by atoms with Gasteiger partial charge in [0.25, 0.3) is 0 Å². The summed E-state index contributed by atoms with van der Waals surface area (Å²) in [5.41, 5.74) is 5.80. The summed E-state index contributed by atoms with van der Waals surface area (Å²) in [4.78, 5) is 18.3. The van der Waals surface area contributed by atoms with Crippen molar-refractivity contribution >= 4 is 39.7 Å². The van der Waals surface area contributed by atoms with E-state index in [-0.39, 0.29) is 11.9 Å². The van der Waals surface area contributed by atoms with Crippen LogP contribution < -0.4 is 5.32 Å². The van der Waals surface area contributed by atoms with Crippen molar-refractivity contribution in [3.63, 3.8) is 0 Å². The second-order valence-corrected chi connectivity index (χ2v) is 10.7. The van der Waals surface area contributed by atoms with Gasteiger partial charge in [0.05, 0.1) is 16.8 Å². The molecule has 0 aliphatic rings. The number of rotatable bonds is 8. The van der Waals surface area contributed by atoms with E-state index in [2.05, 4.69) is 38.3 Å². The zero-order chi connectivity index (χ0) is 26.6. The Balaban J connectivity index is 1.28. The summed E-state index contributed by atoms with van der Waals surface area (Å²) in [6.45, 7) is 2.54. The number of nitrogens with one attached hydrogen (secondary N) is 1. The number of hydrogen-bond acceptors (Lipinski definition) is 5. The Bertz CT molecular complexity index is 1680. The molecule has 1 atom stereocenters. The second kappa shape index (κ2) is 11.1. The van der Waals surface area contributed by atoms with Gasteiger partial charge in [-0.3, -0.25) is 4.79 Å². The maximum absolute atomic E-state index is 13.4. The number of fused-ring (bicyclic) bond motifs is 3. The molecule has 0 aliphatic heterocycles. The van der Waals surface area contributed by atoms with Gasteiger partial charge < -0.3 is 9.88 Å². The molecule has 0 aliphatic carbocycles. The summed E-state index contributed by atoms with van der Waals surface area (Å²) in [6, 6.07) is 38.2. The average Bonchev–Trinajstić information content (AvgIpc) is 3.29. The summed E-state index contributed by atoms with van der Waals surface area (Å²) >= 11 is 1.31. The van der Waals surface area contributed by atoms with Crippen LogP contribution in [0.4, 0.5) is 0 Å². The van der Waals surface area contributed by atoms with E-state index in [1.54, 1.807) is 0 Å². The van der Waals surface area contributed by atoms with E-state index >= 15 is 0 Å². The number of amides is 1. The predicted octanol–water partition coefficient (Wildman–Crippen LogP) is 6.41. The summed E-state index contributed by atoms with van der Waals surface area (Å²) in [7, 11) is 0. The van der Waals surface area contributed by atoms with E-state index < -0.39 is 5.25 Å². The van der Waals surface area contributed by atoms with Crippen molar-refractivity contribution in [2.45, 2.75) is 29.9 Å². The Morgan fingerprint density at radius 2 is 1.38 bits per heavy atom. The molecular weight excluding hydrogens is 502 g/mol. The average molecular weight is 530 g/mol. The fraction of sp³-hybridized carbons (Fsp3) is 0.125. The molecule has 0 fully saturated rings. The first-order chi connectivity index (χ1) is 19.2. The molecule has 7 heteroatoms. The highest BCUT2D eigenvalue weighted by molar-refractivity contribution is 8.00. The minimum Gasteiger partial charge on any atom is -0.344 e. The van der Waals surface area contributed by atoms with Gasteiger partial charge in [0.2, 0.25) is 11.1 Å². The van der Waals surface area contributed by atoms with Crippen molar-refractivity contribution in [2.24, 2.45) is 0 Å². The van der Waals surface area contributed by atoms with Gasteiger partial charge in [0.15, 0.2) is 5.65 Å². The third kappa shape index (κ3) is 5.26. The molecule has 4 aromatic carbocycles. The van der Waals surface area contributed by atoms with Crippen LogP contribution in [0.25, 0.3) is 22.1 Å². The van der Waals surface area contributed by atoms with Crippen LogP contribution in [0.1, 0.15) is 29.7 Å². The maximum Gasteiger partial charge on any atom is 0.234 e. The van der Waals surface area contributed by atoms with Crippen LogP contribution in [0.2, 0.25) is 0 Å². The number of carbonyl (C=O) groups is 1. The fourth-order valence-corrected chi connectivity index (χ4v) is 5.51. The molecule has 0 spiro atoms. The molecule has 1 N–H and O–H groups in total. The summed E-state index contributed by atoms with van der Waals surface area (Å²) < 4.78 is 2.17. The Hall–Kier alpha value is -4.49. The lowest BCUT2D eigenvalue weighted by Crippen LogP contribution is -2.35. The van der Waals surface area contributed by atoms with Gasteiger partial charge in [-0.15, -0.1) is 10.2 Å². The SMILES string of the molecule is CC(Sc1nnc2c3ccccc3n(Cc3ccccc3)c2n1)C(=O)NC(c1ccccc1)c1ccccc1. The first-order valence-corrected chi connectivity index (χ1v) is 13.8. The topological polar surface area (TPSA) is 72.7 Å². The van der Waals surface area contributed by atoms with Gasteiger partial charge in [-0.2, -0.15) is 0 Å². The summed E-state index contributed by atoms with van der Waals surface area (Å²) in [6.07, 6.45) is 0. The lowest BCUT2D eigenvalue weighted by molar-refractivity contribution is -0.120. The molecule has 6 aromatic rings. The number of hydrogen-bond donors (Lipinski definition) is 1. The number of benzene rings is 4. The number of para-hydroxylation sites is 1. The molecule has 0 bridgehead atoms. The zero-order valence-electron chi connectivity index (χ0n) is 21.4. The van der Waals surface area contributed by atoms with Gasteiger partial charge in [-0.25, -0.2) is 4.98 Å². The van der Waals surface area contributed by atoms with E-state index in [1.807, 2.05) is 104 Å². The Labute approximate surface area is 231 Å². The minimum absolute atomic E-state index is 0.0915. The van der Waals surface area contributed by atoms with Crippen LogP contribution in [0.15, 0.2) is 120 Å². The number of aromatic nitrogens is 4. The highest BCUT2D eigenvalue weighted by Gasteiger charge is 2.23. The second-order valence-electron chi connectivity index (χ2n) is 9.38. The quantitative estimate of drug-likeness (QED) is 0.231. The molecular formula is C32H27N5OS. The zero-order valence-corrected chi connectivity index (χ0v) is 22.3. The molecule has 1 unspecified atom stereocenters. The standard InChI is InChI=1S/C32H27N5OS/c1-22(31(38)33-28(24-15-7-3-8-16-24)25-17-9-4-10-18-25)39-32-34-30-29(35-36-32)26-19-11-12-20-27(26)37(30)21-23-13-5-2-6-14-23/h2-20,22,28H,21H2,1H3,(H,33,38). The van der Waals surface area contributed by atoms with Gasteiger partial charge >= 0.3 is 0 Å². The Morgan fingerprint density at radius 3 is 2.05 bits per heavy atom. The van der Waals surface area contributed by atoms with Crippen LogP contribution in [0.5, 0.6) is 0 Å². The molecule has 2 aromatic heterocycles. The van der Waals surface area contributed by atoms with Crippen LogP contribution in [-0.4, -0.2) is 30.9 Å². The normalized spacial score (nSPS) is 12.2. The Morgan fingerprint density at radius 1 is 0.795 bits per heavy atom. The fourth-order valence-electron chi connectivity index (χ4n) is 4.79. The van der Waals surface area contributed by atoms with Gasteiger partial charge in [-0.05, 0) is 29.7 Å². The molecule has 0 radical (unpaired) electrons. The molecule has 6 rings (SSSR count). The number of nitrogens with zero attached hydrogens (tertiary/aromatic N) is 4. The minimum atomic E-state index is -0.425. The monoisotopic (exact) mass is 529 g/mol. The van der Waals surface area contributed by atoms with E-state index in [4.69, 9.17) is 4.98 Å². The Kier molecular flexibility index (Phi) is 7.06. The molecule has 0 saturated carbocycles. The van der Waals surface area contributed by atoms with Gasteiger partial charge in [0, 0.05) is 11.9 Å². The van der Waals surface area contributed by atoms with Crippen molar-refractivity contribution in [3.8, 4) is 0 Å². The third-order valence-corrected chi connectivity index (χ3v) is 7.69. The van der Waals surface area contributed by atoms with E-state index in [9.17, 15) is 4.79 Å². The largest absolute Gasteiger partial charge is 0.344 e. The summed E-state index contributed by atoms with van der Waals surface area (Å²) in [5.74, 6) is -0.0915. The lowest BCUT2D eigenvalue weighted by Gasteiger charge is -2.21. The van der Waals surface area contributed by atoms with Crippen molar-refractivity contribution in [1.29, 1.82) is 0 Å². The third-order valence-electron chi connectivity index (χ3n) is 6.74. The highest BCUT2D eigenvalue weighted by Crippen LogP contribution is 2.29. The number of carbonyl (C=O) groups excluding carboxylic acids is 1. The highest BCUT2D eigenvalue weighted by atomic mass is 32.2. The molecule has 192 valence electrons. The van der Waals surface area contributed by atoms with Crippen LogP contribution >= 0.6 is 11.8 Å². The van der Waals surface area contributed by atoms with E-state index in [0.717, 1.165) is 33.2 Å². The van der Waals surface area contributed by atoms with Crippen LogP contribution in [0, 0.1) is 0 Å². The molecule has 6 nitrogen and oxygen atoms in total. The van der Waals surface area contributed by atoms with Crippen LogP contribution in [-0.2, 0) is 11.3 Å². The first kappa shape index (κ1) is 24.8. The lowest BCUT2D eigenvalue weighted by atomic mass is 9.98. The number of thioether (sulfide) groups is 1.